The molecule has 32 heavy (non-hydrogen) atoms. The van der Waals surface area contributed by atoms with E-state index in [1.807, 2.05) is 0 Å². The smallest absolute Gasteiger partial charge is 0.408 e. The molecule has 0 aliphatic heterocycles. The van der Waals surface area contributed by atoms with E-state index in [0.29, 0.717) is 0 Å². The Labute approximate surface area is 193 Å². The highest BCUT2D eigenvalue weighted by molar-refractivity contribution is 6.40. The summed E-state index contributed by atoms with van der Waals surface area (Å²) in [6, 6.07) is 4.71. The molecule has 0 bridgehead atoms. The molecule has 1 aromatic carbocycles. The lowest BCUT2D eigenvalue weighted by Crippen LogP contribution is -2.47. The Morgan fingerprint density at radius 1 is 1.16 bits per heavy atom. The summed E-state index contributed by atoms with van der Waals surface area (Å²) in [4.78, 5) is 52.7. The number of hydrogen-bond acceptors (Lipinski definition) is 7. The van der Waals surface area contributed by atoms with Crippen molar-refractivity contribution < 1.29 is 23.9 Å². The van der Waals surface area contributed by atoms with Gasteiger partial charge in [-0.3, -0.25) is 9.36 Å². The van der Waals surface area contributed by atoms with Crippen LogP contribution in [-0.4, -0.2) is 46.3 Å². The van der Waals surface area contributed by atoms with Crippen molar-refractivity contribution in [2.45, 2.75) is 39.0 Å². The van der Waals surface area contributed by atoms with Crippen LogP contribution in [0.25, 0.3) is 0 Å². The minimum absolute atomic E-state index is 0.0362. The van der Waals surface area contributed by atoms with Crippen molar-refractivity contribution in [2.75, 3.05) is 12.4 Å². The van der Waals surface area contributed by atoms with Gasteiger partial charge >= 0.3 is 17.8 Å². The molecular formula is C20H22Cl2N4O6. The molecule has 0 aliphatic carbocycles. The van der Waals surface area contributed by atoms with Crippen molar-refractivity contribution in [3.8, 4) is 0 Å². The number of amides is 2. The summed E-state index contributed by atoms with van der Waals surface area (Å²) in [5, 5.41) is 5.07. The summed E-state index contributed by atoms with van der Waals surface area (Å²) in [7, 11) is 1.14. The number of anilines is 1. The fourth-order valence-electron chi connectivity index (χ4n) is 2.50. The number of nitrogens with zero attached hydrogens (tertiary/aromatic N) is 2. The minimum atomic E-state index is -1.21. The fraction of sp³-hybridized carbons (Fsp3) is 0.350. The van der Waals surface area contributed by atoms with Crippen LogP contribution in [0, 0.1) is 0 Å². The van der Waals surface area contributed by atoms with E-state index < -0.39 is 35.3 Å². The number of rotatable bonds is 6. The number of benzene rings is 1. The van der Waals surface area contributed by atoms with Gasteiger partial charge in [0.25, 0.3) is 5.91 Å². The molecule has 0 fully saturated rings. The van der Waals surface area contributed by atoms with Crippen molar-refractivity contribution >= 4 is 47.0 Å². The Bertz CT molecular complexity index is 1060. The second kappa shape index (κ2) is 10.5. The SMILES string of the molecule is COC(=O)[C@H](Cn1ccc(NC(=O)c2c(Cl)cccc2Cl)nc1=O)NC(=O)OC(C)(C)C. The predicted molar refractivity (Wildman–Crippen MR) is 118 cm³/mol. The average Bonchev–Trinajstić information content (AvgIpc) is 2.67. The normalized spacial score (nSPS) is 11.9. The Morgan fingerprint density at radius 3 is 2.31 bits per heavy atom. The van der Waals surface area contributed by atoms with E-state index in [-0.39, 0.29) is 28.0 Å². The van der Waals surface area contributed by atoms with Crippen molar-refractivity contribution in [3.63, 3.8) is 0 Å². The number of methoxy groups -OCH3 is 1. The highest BCUT2D eigenvalue weighted by Gasteiger charge is 2.26. The minimum Gasteiger partial charge on any atom is -0.467 e. The standard InChI is InChI=1S/C20H22Cl2N4O6/c1-20(2,3)32-19(30)23-13(17(28)31-4)10-26-9-8-14(25-18(26)29)24-16(27)15-11(21)6-5-7-12(15)22/h5-9,13H,10H2,1-4H3,(H,23,30)(H,24,25,27,29)/t13-/m0/s1. The molecule has 0 aliphatic rings. The largest absolute Gasteiger partial charge is 0.467 e. The van der Waals surface area contributed by atoms with Crippen LogP contribution in [0.2, 0.25) is 10.0 Å². The van der Waals surface area contributed by atoms with Crippen LogP contribution in [0.3, 0.4) is 0 Å². The molecular weight excluding hydrogens is 463 g/mol. The van der Waals surface area contributed by atoms with E-state index in [1.54, 1.807) is 26.8 Å². The van der Waals surface area contributed by atoms with Gasteiger partial charge in [-0.2, -0.15) is 4.98 Å². The number of esters is 1. The number of hydrogen-bond donors (Lipinski definition) is 2. The number of nitrogens with one attached hydrogen (secondary N) is 2. The molecule has 2 amide bonds. The lowest BCUT2D eigenvalue weighted by molar-refractivity contribution is -0.143. The quantitative estimate of drug-likeness (QED) is 0.602. The van der Waals surface area contributed by atoms with Crippen LogP contribution in [0.15, 0.2) is 35.3 Å². The number of halogens is 2. The molecule has 0 radical (unpaired) electrons. The van der Waals surface area contributed by atoms with Gasteiger partial charge in [-0.1, -0.05) is 29.3 Å². The van der Waals surface area contributed by atoms with Gasteiger partial charge in [0, 0.05) is 6.20 Å². The summed E-state index contributed by atoms with van der Waals surface area (Å²) in [6.07, 6.45) is 0.445. The fourth-order valence-corrected chi connectivity index (χ4v) is 3.07. The summed E-state index contributed by atoms with van der Waals surface area (Å²) in [5.74, 6) is -1.49. The number of carbonyl (C=O) groups excluding carboxylic acids is 3. The van der Waals surface area contributed by atoms with Crippen LogP contribution >= 0.6 is 23.2 Å². The molecule has 10 nitrogen and oxygen atoms in total. The van der Waals surface area contributed by atoms with Gasteiger partial charge in [0.05, 0.1) is 29.3 Å². The van der Waals surface area contributed by atoms with Gasteiger partial charge in [-0.15, -0.1) is 0 Å². The van der Waals surface area contributed by atoms with Crippen LogP contribution < -0.4 is 16.3 Å². The summed E-state index contributed by atoms with van der Waals surface area (Å²) >= 11 is 12.0. The van der Waals surface area contributed by atoms with Crippen LogP contribution in [0.5, 0.6) is 0 Å². The van der Waals surface area contributed by atoms with Crippen LogP contribution in [0.1, 0.15) is 31.1 Å². The second-order valence-electron chi connectivity index (χ2n) is 7.52. The van der Waals surface area contributed by atoms with E-state index in [0.717, 1.165) is 11.7 Å². The summed E-state index contributed by atoms with van der Waals surface area (Å²) < 4.78 is 10.9. The Morgan fingerprint density at radius 2 is 1.78 bits per heavy atom. The maximum Gasteiger partial charge on any atom is 0.408 e. The zero-order valence-corrected chi connectivity index (χ0v) is 19.3. The lowest BCUT2D eigenvalue weighted by atomic mass is 10.2. The summed E-state index contributed by atoms with van der Waals surface area (Å²) in [6.45, 7) is 4.72. The molecule has 0 saturated heterocycles. The second-order valence-corrected chi connectivity index (χ2v) is 8.33. The molecule has 172 valence electrons. The van der Waals surface area contributed by atoms with Gasteiger partial charge in [0.2, 0.25) is 0 Å². The molecule has 0 unspecified atom stereocenters. The topological polar surface area (TPSA) is 129 Å². The predicted octanol–water partition coefficient (Wildman–Crippen LogP) is 2.87. The van der Waals surface area contributed by atoms with Gasteiger partial charge in [-0.05, 0) is 39.0 Å². The zero-order chi connectivity index (χ0) is 24.1. The van der Waals surface area contributed by atoms with Crippen molar-refractivity contribution in [1.29, 1.82) is 0 Å². The number of carbonyl (C=O) groups is 3. The average molecular weight is 485 g/mol. The molecule has 2 N–H and O–H groups in total. The molecule has 2 rings (SSSR count). The van der Waals surface area contributed by atoms with E-state index >= 15 is 0 Å². The highest BCUT2D eigenvalue weighted by Crippen LogP contribution is 2.24. The molecule has 1 atom stereocenters. The number of aromatic nitrogens is 2. The molecule has 12 heteroatoms. The Kier molecular flexibility index (Phi) is 8.23. The molecule has 1 aromatic heterocycles. The maximum absolute atomic E-state index is 12.4. The van der Waals surface area contributed by atoms with E-state index in [1.165, 1.54) is 24.4 Å². The van der Waals surface area contributed by atoms with Gasteiger partial charge < -0.3 is 20.1 Å². The molecule has 2 aromatic rings. The zero-order valence-electron chi connectivity index (χ0n) is 17.8. The Balaban J connectivity index is 2.17. The number of alkyl carbamates (subject to hydrolysis) is 1. The maximum atomic E-state index is 12.4. The van der Waals surface area contributed by atoms with E-state index in [2.05, 4.69) is 20.4 Å². The van der Waals surface area contributed by atoms with Crippen LogP contribution in [0.4, 0.5) is 10.6 Å². The van der Waals surface area contributed by atoms with Crippen molar-refractivity contribution in [1.82, 2.24) is 14.9 Å². The van der Waals surface area contributed by atoms with Crippen LogP contribution in [-0.2, 0) is 20.8 Å². The third-order valence-electron chi connectivity index (χ3n) is 3.86. The van der Waals surface area contributed by atoms with Gasteiger partial charge in [0.1, 0.15) is 17.5 Å². The third kappa shape index (κ3) is 6.96. The van der Waals surface area contributed by atoms with Crippen molar-refractivity contribution in [2.24, 2.45) is 0 Å². The molecule has 0 spiro atoms. The van der Waals surface area contributed by atoms with Crippen molar-refractivity contribution in [3.05, 3.63) is 56.6 Å². The van der Waals surface area contributed by atoms with E-state index in [9.17, 15) is 19.2 Å². The first-order valence-corrected chi connectivity index (χ1v) is 10.1. The first-order chi connectivity index (χ1) is 14.9. The molecule has 1 heterocycles. The molecule has 0 saturated carbocycles. The lowest BCUT2D eigenvalue weighted by Gasteiger charge is -2.22. The first-order valence-electron chi connectivity index (χ1n) is 9.31. The van der Waals surface area contributed by atoms with Gasteiger partial charge in [0.15, 0.2) is 0 Å². The number of ether oxygens (including phenoxy) is 2. The Hall–Kier alpha value is -3.11. The summed E-state index contributed by atoms with van der Waals surface area (Å²) in [5.41, 5.74) is -1.53. The highest BCUT2D eigenvalue weighted by atomic mass is 35.5. The van der Waals surface area contributed by atoms with E-state index in [4.69, 9.17) is 27.9 Å². The monoisotopic (exact) mass is 484 g/mol. The third-order valence-corrected chi connectivity index (χ3v) is 4.49. The van der Waals surface area contributed by atoms with Gasteiger partial charge in [-0.25, -0.2) is 14.4 Å². The first kappa shape index (κ1) is 25.2.